The maximum atomic E-state index is 4.54. The molecule has 82 valence electrons. The predicted octanol–water partition coefficient (Wildman–Crippen LogP) is 1.68. The number of rotatable bonds is 4. The number of aromatic nitrogens is 2. The number of aryl methyl sites for hydroxylation is 1. The molecule has 4 nitrogen and oxygen atoms in total. The van der Waals surface area contributed by atoms with E-state index in [2.05, 4.69) is 34.2 Å². The van der Waals surface area contributed by atoms with E-state index in [1.807, 2.05) is 13.1 Å². The van der Waals surface area contributed by atoms with Gasteiger partial charge >= 0.3 is 0 Å². The predicted molar refractivity (Wildman–Crippen MR) is 62.4 cm³/mol. The Balaban J connectivity index is 2.28. The van der Waals surface area contributed by atoms with E-state index in [-0.39, 0.29) is 0 Å². The highest BCUT2D eigenvalue weighted by Crippen LogP contribution is 2.29. The van der Waals surface area contributed by atoms with Crippen molar-refractivity contribution >= 4 is 11.6 Å². The molecule has 0 radical (unpaired) electrons. The summed E-state index contributed by atoms with van der Waals surface area (Å²) in [6.07, 6.45) is 3.45. The monoisotopic (exact) mass is 206 g/mol. The van der Waals surface area contributed by atoms with Crippen molar-refractivity contribution < 1.29 is 0 Å². The minimum Gasteiger partial charge on any atom is -0.373 e. The van der Waals surface area contributed by atoms with Crippen molar-refractivity contribution in [2.75, 3.05) is 24.3 Å². The van der Waals surface area contributed by atoms with E-state index < -0.39 is 0 Å². The molecule has 1 aromatic rings. The minimum atomic E-state index is 0.689. The Labute approximate surface area is 90.7 Å². The maximum Gasteiger partial charge on any atom is 0.134 e. The van der Waals surface area contributed by atoms with Gasteiger partial charge in [0.15, 0.2) is 0 Å². The van der Waals surface area contributed by atoms with Crippen molar-refractivity contribution in [3.63, 3.8) is 0 Å². The maximum absolute atomic E-state index is 4.54. The average molecular weight is 206 g/mol. The van der Waals surface area contributed by atoms with Crippen LogP contribution in [0.3, 0.4) is 0 Å². The normalized spacial score (nSPS) is 15.1. The van der Waals surface area contributed by atoms with Crippen molar-refractivity contribution in [2.45, 2.75) is 32.2 Å². The molecule has 0 saturated heterocycles. The molecule has 2 rings (SSSR count). The van der Waals surface area contributed by atoms with Crippen molar-refractivity contribution in [3.8, 4) is 0 Å². The molecule has 1 saturated carbocycles. The van der Waals surface area contributed by atoms with Gasteiger partial charge in [-0.2, -0.15) is 0 Å². The van der Waals surface area contributed by atoms with E-state index in [1.165, 1.54) is 12.8 Å². The second kappa shape index (κ2) is 4.04. The van der Waals surface area contributed by atoms with Crippen LogP contribution in [-0.2, 0) is 6.42 Å². The number of hydrogen-bond donors (Lipinski definition) is 1. The van der Waals surface area contributed by atoms with Crippen LogP contribution in [0.4, 0.5) is 11.6 Å². The zero-order valence-corrected chi connectivity index (χ0v) is 9.62. The lowest BCUT2D eigenvalue weighted by Gasteiger charge is -2.18. The van der Waals surface area contributed by atoms with Crippen LogP contribution < -0.4 is 10.2 Å². The van der Waals surface area contributed by atoms with Gasteiger partial charge in [0.25, 0.3) is 0 Å². The van der Waals surface area contributed by atoms with Gasteiger partial charge in [-0.3, -0.25) is 0 Å². The van der Waals surface area contributed by atoms with Gasteiger partial charge in [-0.25, -0.2) is 9.97 Å². The molecule has 0 unspecified atom stereocenters. The van der Waals surface area contributed by atoms with Crippen molar-refractivity contribution in [2.24, 2.45) is 0 Å². The molecule has 4 heteroatoms. The standard InChI is InChI=1S/C11H18N4/c1-4-9-13-10(12-2)7-11(14-9)15(3)8-5-6-8/h7-8H,4-6H2,1-3H3,(H,12,13,14). The van der Waals surface area contributed by atoms with Gasteiger partial charge in [0, 0.05) is 32.6 Å². The van der Waals surface area contributed by atoms with Gasteiger partial charge in [-0.1, -0.05) is 6.92 Å². The molecule has 0 spiro atoms. The van der Waals surface area contributed by atoms with Gasteiger partial charge in [-0.05, 0) is 12.8 Å². The first-order valence-corrected chi connectivity index (χ1v) is 5.53. The Morgan fingerprint density at radius 2 is 2.20 bits per heavy atom. The Hall–Kier alpha value is -1.32. The van der Waals surface area contributed by atoms with Crippen LogP contribution in [-0.4, -0.2) is 30.1 Å². The van der Waals surface area contributed by atoms with Gasteiger partial charge in [0.1, 0.15) is 17.5 Å². The van der Waals surface area contributed by atoms with E-state index >= 15 is 0 Å². The zero-order valence-electron chi connectivity index (χ0n) is 9.62. The average Bonchev–Trinajstić information content (AvgIpc) is 3.11. The lowest BCUT2D eigenvalue weighted by Crippen LogP contribution is -2.21. The van der Waals surface area contributed by atoms with E-state index in [0.717, 1.165) is 23.9 Å². The molecule has 1 aliphatic rings. The first-order valence-electron chi connectivity index (χ1n) is 5.53. The molecular formula is C11H18N4. The highest BCUT2D eigenvalue weighted by Gasteiger charge is 2.27. The SMILES string of the molecule is CCc1nc(NC)cc(N(C)C2CC2)n1. The molecule has 1 heterocycles. The first kappa shape index (κ1) is 10.2. The smallest absolute Gasteiger partial charge is 0.134 e. The van der Waals surface area contributed by atoms with Crippen LogP contribution in [0.2, 0.25) is 0 Å². The summed E-state index contributed by atoms with van der Waals surface area (Å²) in [5.41, 5.74) is 0. The second-order valence-corrected chi connectivity index (χ2v) is 3.97. The summed E-state index contributed by atoms with van der Waals surface area (Å²) >= 11 is 0. The van der Waals surface area contributed by atoms with Crippen LogP contribution in [0.5, 0.6) is 0 Å². The van der Waals surface area contributed by atoms with Crippen LogP contribution >= 0.6 is 0 Å². The zero-order chi connectivity index (χ0) is 10.8. The van der Waals surface area contributed by atoms with Crippen molar-refractivity contribution in [1.29, 1.82) is 0 Å². The largest absolute Gasteiger partial charge is 0.373 e. The van der Waals surface area contributed by atoms with Gasteiger partial charge in [0.2, 0.25) is 0 Å². The molecule has 0 aromatic carbocycles. The topological polar surface area (TPSA) is 41.1 Å². The Bertz CT molecular complexity index is 324. The quantitative estimate of drug-likeness (QED) is 0.813. The minimum absolute atomic E-state index is 0.689. The van der Waals surface area contributed by atoms with Crippen LogP contribution in [0.15, 0.2) is 6.07 Å². The van der Waals surface area contributed by atoms with Gasteiger partial charge in [-0.15, -0.1) is 0 Å². The third-order valence-corrected chi connectivity index (χ3v) is 2.79. The summed E-state index contributed by atoms with van der Waals surface area (Å²) in [6, 6.07) is 2.70. The van der Waals surface area contributed by atoms with E-state index in [9.17, 15) is 0 Å². The van der Waals surface area contributed by atoms with Crippen LogP contribution in [0, 0.1) is 0 Å². The summed E-state index contributed by atoms with van der Waals surface area (Å²) in [5, 5.41) is 3.08. The number of anilines is 2. The lowest BCUT2D eigenvalue weighted by atomic mass is 10.4. The fourth-order valence-electron chi connectivity index (χ4n) is 1.60. The molecule has 15 heavy (non-hydrogen) atoms. The molecule has 0 aliphatic heterocycles. The fourth-order valence-corrected chi connectivity index (χ4v) is 1.60. The van der Waals surface area contributed by atoms with E-state index in [4.69, 9.17) is 0 Å². The first-order chi connectivity index (χ1) is 7.24. The highest BCUT2D eigenvalue weighted by molar-refractivity contribution is 5.50. The fraction of sp³-hybridized carbons (Fsp3) is 0.636. The van der Waals surface area contributed by atoms with Crippen molar-refractivity contribution in [3.05, 3.63) is 11.9 Å². The molecular weight excluding hydrogens is 188 g/mol. The van der Waals surface area contributed by atoms with E-state index in [1.54, 1.807) is 0 Å². The highest BCUT2D eigenvalue weighted by atomic mass is 15.2. The summed E-state index contributed by atoms with van der Waals surface area (Å²) in [5.74, 6) is 2.85. The van der Waals surface area contributed by atoms with Gasteiger partial charge < -0.3 is 10.2 Å². The second-order valence-electron chi connectivity index (χ2n) is 3.97. The summed E-state index contributed by atoms with van der Waals surface area (Å²) in [6.45, 7) is 2.08. The summed E-state index contributed by atoms with van der Waals surface area (Å²) in [7, 11) is 4.00. The lowest BCUT2D eigenvalue weighted by molar-refractivity contribution is 0.856. The number of nitrogens with zero attached hydrogens (tertiary/aromatic N) is 3. The van der Waals surface area contributed by atoms with Crippen LogP contribution in [0.25, 0.3) is 0 Å². The summed E-state index contributed by atoms with van der Waals surface area (Å²) in [4.78, 5) is 11.2. The van der Waals surface area contributed by atoms with Crippen LogP contribution in [0.1, 0.15) is 25.6 Å². The molecule has 1 N–H and O–H groups in total. The number of hydrogen-bond acceptors (Lipinski definition) is 4. The third kappa shape index (κ3) is 2.19. The Morgan fingerprint density at radius 1 is 1.47 bits per heavy atom. The van der Waals surface area contributed by atoms with E-state index in [0.29, 0.717) is 6.04 Å². The third-order valence-electron chi connectivity index (χ3n) is 2.79. The number of nitrogens with one attached hydrogen (secondary N) is 1. The molecule has 0 atom stereocenters. The molecule has 0 amide bonds. The molecule has 0 bridgehead atoms. The molecule has 1 aromatic heterocycles. The summed E-state index contributed by atoms with van der Waals surface area (Å²) < 4.78 is 0. The molecule has 1 fully saturated rings. The van der Waals surface area contributed by atoms with Crippen molar-refractivity contribution in [1.82, 2.24) is 9.97 Å². The van der Waals surface area contributed by atoms with Gasteiger partial charge in [0.05, 0.1) is 0 Å². The molecule has 1 aliphatic carbocycles. The Morgan fingerprint density at radius 3 is 2.73 bits per heavy atom. The Kier molecular flexibility index (Phi) is 2.75.